The number of carbonyl (C=O) groups excluding carboxylic acids is 1. The molecule has 90 valence electrons. The van der Waals surface area contributed by atoms with Crippen molar-refractivity contribution in [3.05, 3.63) is 23.8 Å². The van der Waals surface area contributed by atoms with E-state index in [0.29, 0.717) is 11.1 Å². The molecule has 0 bridgehead atoms. The van der Waals surface area contributed by atoms with Crippen molar-refractivity contribution in [2.45, 2.75) is 26.2 Å². The molecule has 2 N–H and O–H groups in total. The number of nitrogens with zero attached hydrogens (tertiary/aromatic N) is 2. The van der Waals surface area contributed by atoms with Gasteiger partial charge in [-0.25, -0.2) is 0 Å². The lowest BCUT2D eigenvalue weighted by atomic mass is 10.2. The molecule has 0 aliphatic heterocycles. The van der Waals surface area contributed by atoms with E-state index in [0.717, 1.165) is 31.3 Å². The van der Waals surface area contributed by atoms with Crippen molar-refractivity contribution < 1.29 is 4.79 Å². The highest BCUT2D eigenvalue weighted by atomic mass is 16.1. The Labute approximate surface area is 99.6 Å². The van der Waals surface area contributed by atoms with Crippen molar-refractivity contribution in [1.29, 1.82) is 0 Å². The van der Waals surface area contributed by atoms with Crippen LogP contribution in [-0.2, 0) is 0 Å². The molecule has 1 heterocycles. The number of carbonyl (C=O) groups is 1. The molecule has 2 rings (SSSR count). The van der Waals surface area contributed by atoms with Crippen molar-refractivity contribution in [2.75, 3.05) is 6.54 Å². The van der Waals surface area contributed by atoms with Crippen molar-refractivity contribution >= 4 is 16.9 Å². The summed E-state index contributed by atoms with van der Waals surface area (Å²) in [5.41, 5.74) is 2.11. The largest absolute Gasteiger partial charge is 0.352 e. The van der Waals surface area contributed by atoms with Gasteiger partial charge in [-0.1, -0.05) is 19.8 Å². The predicted octanol–water partition coefficient (Wildman–Crippen LogP) is 1.88. The zero-order valence-corrected chi connectivity index (χ0v) is 9.86. The number of hydrogen-bond donors (Lipinski definition) is 2. The molecule has 17 heavy (non-hydrogen) atoms. The Bertz CT molecular complexity index is 506. The number of rotatable bonds is 5. The maximum atomic E-state index is 11.8. The second-order valence-electron chi connectivity index (χ2n) is 3.99. The molecule has 5 nitrogen and oxygen atoms in total. The quantitative estimate of drug-likeness (QED) is 0.773. The predicted molar refractivity (Wildman–Crippen MR) is 65.7 cm³/mol. The van der Waals surface area contributed by atoms with Crippen LogP contribution in [0.1, 0.15) is 36.5 Å². The average molecular weight is 232 g/mol. The fourth-order valence-electron chi connectivity index (χ4n) is 1.66. The Kier molecular flexibility index (Phi) is 3.69. The van der Waals surface area contributed by atoms with Crippen LogP contribution in [0.3, 0.4) is 0 Å². The van der Waals surface area contributed by atoms with Crippen LogP contribution in [0.2, 0.25) is 0 Å². The zero-order chi connectivity index (χ0) is 12.1. The summed E-state index contributed by atoms with van der Waals surface area (Å²) in [5.74, 6) is -0.0500. The second-order valence-corrected chi connectivity index (χ2v) is 3.99. The van der Waals surface area contributed by atoms with Gasteiger partial charge in [0.1, 0.15) is 11.0 Å². The van der Waals surface area contributed by atoms with Crippen LogP contribution in [0.15, 0.2) is 18.2 Å². The van der Waals surface area contributed by atoms with Gasteiger partial charge in [-0.2, -0.15) is 15.4 Å². The highest BCUT2D eigenvalue weighted by Gasteiger charge is 2.06. The fraction of sp³-hybridized carbons (Fsp3) is 0.417. The van der Waals surface area contributed by atoms with E-state index in [9.17, 15) is 4.79 Å². The SMILES string of the molecule is CCCCCNC(=O)c1ccc2n[nH]nc2c1. The van der Waals surface area contributed by atoms with Gasteiger partial charge < -0.3 is 5.32 Å². The van der Waals surface area contributed by atoms with E-state index in [1.165, 1.54) is 0 Å². The van der Waals surface area contributed by atoms with E-state index in [-0.39, 0.29) is 5.91 Å². The summed E-state index contributed by atoms with van der Waals surface area (Å²) in [5, 5.41) is 13.3. The number of nitrogens with one attached hydrogen (secondary N) is 2. The highest BCUT2D eigenvalue weighted by molar-refractivity contribution is 5.97. The van der Waals surface area contributed by atoms with Gasteiger partial charge >= 0.3 is 0 Å². The first-order chi connectivity index (χ1) is 8.31. The third-order valence-corrected chi connectivity index (χ3v) is 2.64. The molecule has 0 spiro atoms. The van der Waals surface area contributed by atoms with Crippen molar-refractivity contribution in [3.63, 3.8) is 0 Å². The molecule has 5 heteroatoms. The molecule has 1 amide bonds. The summed E-state index contributed by atoms with van der Waals surface area (Å²) in [7, 11) is 0. The molecular weight excluding hydrogens is 216 g/mol. The standard InChI is InChI=1S/C12H16N4O/c1-2-3-4-7-13-12(17)9-5-6-10-11(8-9)15-16-14-10/h5-6,8H,2-4,7H2,1H3,(H,13,17)(H,14,15,16). The molecule has 0 radical (unpaired) electrons. The van der Waals surface area contributed by atoms with E-state index in [1.54, 1.807) is 18.2 Å². The van der Waals surface area contributed by atoms with Crippen LogP contribution in [-0.4, -0.2) is 27.9 Å². The van der Waals surface area contributed by atoms with Crippen LogP contribution >= 0.6 is 0 Å². The van der Waals surface area contributed by atoms with Gasteiger partial charge in [0.2, 0.25) is 0 Å². The fourth-order valence-corrected chi connectivity index (χ4v) is 1.66. The number of benzene rings is 1. The first-order valence-corrected chi connectivity index (χ1v) is 5.90. The van der Waals surface area contributed by atoms with Crippen LogP contribution in [0.25, 0.3) is 11.0 Å². The van der Waals surface area contributed by atoms with Gasteiger partial charge in [0.15, 0.2) is 0 Å². The lowest BCUT2D eigenvalue weighted by Crippen LogP contribution is -2.24. The molecule has 0 unspecified atom stereocenters. The van der Waals surface area contributed by atoms with Crippen molar-refractivity contribution in [3.8, 4) is 0 Å². The van der Waals surface area contributed by atoms with Crippen molar-refractivity contribution in [2.24, 2.45) is 0 Å². The van der Waals surface area contributed by atoms with Crippen LogP contribution < -0.4 is 5.32 Å². The number of aromatic nitrogens is 3. The highest BCUT2D eigenvalue weighted by Crippen LogP contribution is 2.10. The minimum atomic E-state index is -0.0500. The number of H-pyrrole nitrogens is 1. The van der Waals surface area contributed by atoms with Crippen LogP contribution in [0.5, 0.6) is 0 Å². The summed E-state index contributed by atoms with van der Waals surface area (Å²) >= 11 is 0. The van der Waals surface area contributed by atoms with Gasteiger partial charge in [0.05, 0.1) is 0 Å². The molecule has 1 aromatic heterocycles. The topological polar surface area (TPSA) is 70.7 Å². The third kappa shape index (κ3) is 2.81. The molecule has 2 aromatic rings. The Morgan fingerprint density at radius 1 is 1.29 bits per heavy atom. The number of fused-ring (bicyclic) bond motifs is 1. The van der Waals surface area contributed by atoms with E-state index in [2.05, 4.69) is 27.7 Å². The van der Waals surface area contributed by atoms with Gasteiger partial charge in [-0.3, -0.25) is 4.79 Å². The Hall–Kier alpha value is -1.91. The molecule has 1 aromatic carbocycles. The van der Waals surface area contributed by atoms with E-state index >= 15 is 0 Å². The third-order valence-electron chi connectivity index (χ3n) is 2.64. The van der Waals surface area contributed by atoms with Crippen LogP contribution in [0, 0.1) is 0 Å². The maximum absolute atomic E-state index is 11.8. The maximum Gasteiger partial charge on any atom is 0.251 e. The number of unbranched alkanes of at least 4 members (excludes halogenated alkanes) is 2. The summed E-state index contributed by atoms with van der Waals surface area (Å²) in [6, 6.07) is 5.30. The average Bonchev–Trinajstić information content (AvgIpc) is 2.81. The molecule has 0 fully saturated rings. The Morgan fingerprint density at radius 2 is 2.12 bits per heavy atom. The molecule has 0 aliphatic carbocycles. The normalized spacial score (nSPS) is 10.6. The second kappa shape index (κ2) is 5.43. The number of aromatic amines is 1. The molecule has 0 saturated carbocycles. The Morgan fingerprint density at radius 3 is 2.94 bits per heavy atom. The van der Waals surface area contributed by atoms with E-state index < -0.39 is 0 Å². The molecule has 0 aliphatic rings. The van der Waals surface area contributed by atoms with Gasteiger partial charge in [-0.05, 0) is 24.6 Å². The first kappa shape index (κ1) is 11.6. The lowest BCUT2D eigenvalue weighted by Gasteiger charge is -2.04. The molecular formula is C12H16N4O. The molecule has 0 atom stereocenters. The smallest absolute Gasteiger partial charge is 0.251 e. The Balaban J connectivity index is 1.98. The monoisotopic (exact) mass is 232 g/mol. The van der Waals surface area contributed by atoms with Gasteiger partial charge in [-0.15, -0.1) is 0 Å². The van der Waals surface area contributed by atoms with Crippen molar-refractivity contribution in [1.82, 2.24) is 20.7 Å². The van der Waals surface area contributed by atoms with E-state index in [1.807, 2.05) is 0 Å². The van der Waals surface area contributed by atoms with Crippen LogP contribution in [0.4, 0.5) is 0 Å². The molecule has 0 saturated heterocycles. The summed E-state index contributed by atoms with van der Waals surface area (Å²) in [6.07, 6.45) is 3.32. The van der Waals surface area contributed by atoms with Gasteiger partial charge in [0, 0.05) is 12.1 Å². The minimum Gasteiger partial charge on any atom is -0.352 e. The number of hydrogen-bond acceptors (Lipinski definition) is 3. The lowest BCUT2D eigenvalue weighted by molar-refractivity contribution is 0.0953. The first-order valence-electron chi connectivity index (χ1n) is 5.90. The summed E-state index contributed by atoms with van der Waals surface area (Å²) < 4.78 is 0. The summed E-state index contributed by atoms with van der Waals surface area (Å²) in [4.78, 5) is 11.8. The van der Waals surface area contributed by atoms with E-state index in [4.69, 9.17) is 0 Å². The zero-order valence-electron chi connectivity index (χ0n) is 9.86. The van der Waals surface area contributed by atoms with Gasteiger partial charge in [0.25, 0.3) is 5.91 Å². The minimum absolute atomic E-state index is 0.0500. The number of amides is 1. The summed E-state index contributed by atoms with van der Waals surface area (Å²) in [6.45, 7) is 2.86.